The molecule has 4 N–H and O–H groups in total. The summed E-state index contributed by atoms with van der Waals surface area (Å²) in [5.74, 6) is -0.658. The van der Waals surface area contributed by atoms with Gasteiger partial charge in [-0.1, -0.05) is 24.9 Å². The van der Waals surface area contributed by atoms with Gasteiger partial charge in [0.2, 0.25) is 11.8 Å². The number of hydrogen-bond acceptors (Lipinski definition) is 3. The average molecular weight is 310 g/mol. The molecule has 1 heterocycles. The first-order chi connectivity index (χ1) is 9.98. The van der Waals surface area contributed by atoms with Crippen molar-refractivity contribution in [3.05, 3.63) is 28.8 Å². The van der Waals surface area contributed by atoms with Gasteiger partial charge in [0.15, 0.2) is 0 Å². The molecular weight excluding hydrogens is 290 g/mol. The quantitative estimate of drug-likeness (QED) is 0.780. The second-order valence-corrected chi connectivity index (χ2v) is 5.78. The monoisotopic (exact) mass is 309 g/mol. The number of carbonyl (C=O) groups excluding carboxylic acids is 2. The van der Waals surface area contributed by atoms with Crippen LogP contribution in [-0.2, 0) is 4.79 Å². The fourth-order valence-corrected chi connectivity index (χ4v) is 2.93. The molecule has 1 unspecified atom stereocenters. The SMILES string of the molecule is CCCC1(C(=O)Nc2cc(C(N)=O)ccc2Cl)CCCN1. The third kappa shape index (κ3) is 3.36. The Morgan fingerprint density at radius 3 is 2.81 bits per heavy atom. The molecule has 0 bridgehead atoms. The first-order valence-electron chi connectivity index (χ1n) is 7.14. The number of anilines is 1. The lowest BCUT2D eigenvalue weighted by Gasteiger charge is -2.28. The predicted molar refractivity (Wildman–Crippen MR) is 83.5 cm³/mol. The molecule has 1 aromatic carbocycles. The third-order valence-electron chi connectivity index (χ3n) is 3.85. The van der Waals surface area contributed by atoms with E-state index in [0.717, 1.165) is 32.2 Å². The van der Waals surface area contributed by atoms with E-state index in [-0.39, 0.29) is 5.91 Å². The number of benzene rings is 1. The van der Waals surface area contributed by atoms with Gasteiger partial charge in [0, 0.05) is 5.56 Å². The molecule has 6 heteroatoms. The van der Waals surface area contributed by atoms with E-state index >= 15 is 0 Å². The van der Waals surface area contributed by atoms with Crippen LogP contribution in [0.15, 0.2) is 18.2 Å². The van der Waals surface area contributed by atoms with Crippen LogP contribution >= 0.6 is 11.6 Å². The molecule has 1 atom stereocenters. The number of nitrogens with two attached hydrogens (primary N) is 1. The average Bonchev–Trinajstić information content (AvgIpc) is 2.91. The Bertz CT molecular complexity index is 554. The van der Waals surface area contributed by atoms with Crippen LogP contribution in [0.3, 0.4) is 0 Å². The van der Waals surface area contributed by atoms with E-state index in [1.807, 2.05) is 0 Å². The maximum absolute atomic E-state index is 12.6. The van der Waals surface area contributed by atoms with E-state index in [1.54, 1.807) is 6.07 Å². The zero-order chi connectivity index (χ0) is 15.5. The minimum Gasteiger partial charge on any atom is -0.366 e. The van der Waals surface area contributed by atoms with E-state index < -0.39 is 11.4 Å². The molecule has 0 aliphatic carbocycles. The molecular formula is C15H20ClN3O2. The van der Waals surface area contributed by atoms with Gasteiger partial charge in [0.05, 0.1) is 16.2 Å². The van der Waals surface area contributed by atoms with Crippen molar-refractivity contribution in [3.63, 3.8) is 0 Å². The molecule has 0 spiro atoms. The number of amides is 2. The molecule has 1 saturated heterocycles. The van der Waals surface area contributed by atoms with Crippen LogP contribution in [-0.4, -0.2) is 23.9 Å². The van der Waals surface area contributed by atoms with Crippen molar-refractivity contribution >= 4 is 29.1 Å². The highest BCUT2D eigenvalue weighted by molar-refractivity contribution is 6.34. The summed E-state index contributed by atoms with van der Waals surface area (Å²) < 4.78 is 0. The molecule has 1 aromatic rings. The molecule has 0 aromatic heterocycles. The molecule has 1 aliphatic rings. The van der Waals surface area contributed by atoms with E-state index in [4.69, 9.17) is 17.3 Å². The highest BCUT2D eigenvalue weighted by atomic mass is 35.5. The molecule has 2 rings (SSSR count). The van der Waals surface area contributed by atoms with E-state index in [0.29, 0.717) is 16.3 Å². The standard InChI is InChI=1S/C15H20ClN3O2/c1-2-6-15(7-3-8-18-15)14(21)19-12-9-10(13(17)20)4-5-11(12)16/h4-5,9,18H,2-3,6-8H2,1H3,(H2,17,20)(H,19,21). The number of halogens is 1. The number of nitrogens with one attached hydrogen (secondary N) is 2. The van der Waals surface area contributed by atoms with Crippen LogP contribution < -0.4 is 16.4 Å². The molecule has 1 aliphatic heterocycles. The summed E-state index contributed by atoms with van der Waals surface area (Å²) in [6, 6.07) is 4.61. The van der Waals surface area contributed by atoms with Crippen LogP contribution in [0.4, 0.5) is 5.69 Å². The first kappa shape index (κ1) is 15.8. The van der Waals surface area contributed by atoms with Crippen molar-refractivity contribution < 1.29 is 9.59 Å². The van der Waals surface area contributed by atoms with Gasteiger partial charge in [-0.2, -0.15) is 0 Å². The zero-order valence-electron chi connectivity index (χ0n) is 12.0. The third-order valence-corrected chi connectivity index (χ3v) is 4.18. The summed E-state index contributed by atoms with van der Waals surface area (Å²) in [6.07, 6.45) is 3.46. The lowest BCUT2D eigenvalue weighted by molar-refractivity contribution is -0.122. The van der Waals surface area contributed by atoms with Gasteiger partial charge in [-0.15, -0.1) is 0 Å². The number of rotatable bonds is 5. The van der Waals surface area contributed by atoms with Crippen molar-refractivity contribution in [2.24, 2.45) is 5.73 Å². The Labute approximate surface area is 129 Å². The van der Waals surface area contributed by atoms with Crippen LogP contribution in [0.1, 0.15) is 43.0 Å². The van der Waals surface area contributed by atoms with Crippen LogP contribution in [0, 0.1) is 0 Å². The Morgan fingerprint density at radius 1 is 1.48 bits per heavy atom. The molecule has 21 heavy (non-hydrogen) atoms. The normalized spacial score (nSPS) is 21.2. The maximum atomic E-state index is 12.6. The minimum atomic E-state index is -0.551. The Morgan fingerprint density at radius 2 is 2.24 bits per heavy atom. The molecule has 2 amide bonds. The van der Waals surface area contributed by atoms with Crippen LogP contribution in [0.25, 0.3) is 0 Å². The van der Waals surface area contributed by atoms with Gasteiger partial charge < -0.3 is 16.4 Å². The molecule has 5 nitrogen and oxygen atoms in total. The minimum absolute atomic E-state index is 0.106. The van der Waals surface area contributed by atoms with Crippen molar-refractivity contribution in [1.82, 2.24) is 5.32 Å². The fourth-order valence-electron chi connectivity index (χ4n) is 2.77. The highest BCUT2D eigenvalue weighted by Crippen LogP contribution is 2.29. The lowest BCUT2D eigenvalue weighted by atomic mass is 9.90. The first-order valence-corrected chi connectivity index (χ1v) is 7.52. The van der Waals surface area contributed by atoms with E-state index in [2.05, 4.69) is 17.6 Å². The topological polar surface area (TPSA) is 84.2 Å². The smallest absolute Gasteiger partial charge is 0.248 e. The Hall–Kier alpha value is -1.59. The summed E-state index contributed by atoms with van der Waals surface area (Å²) in [4.78, 5) is 23.8. The van der Waals surface area contributed by atoms with Crippen molar-refractivity contribution in [2.45, 2.75) is 38.1 Å². The summed E-state index contributed by atoms with van der Waals surface area (Å²) in [5.41, 5.74) is 5.45. The van der Waals surface area contributed by atoms with Gasteiger partial charge in [-0.25, -0.2) is 0 Å². The lowest BCUT2D eigenvalue weighted by Crippen LogP contribution is -2.50. The number of primary amides is 1. The van der Waals surface area contributed by atoms with Crippen LogP contribution in [0.5, 0.6) is 0 Å². The summed E-state index contributed by atoms with van der Waals surface area (Å²) >= 11 is 6.09. The predicted octanol–water partition coefficient (Wildman–Crippen LogP) is 2.30. The van der Waals surface area contributed by atoms with Gasteiger partial charge in [-0.05, 0) is 44.0 Å². The molecule has 0 saturated carbocycles. The maximum Gasteiger partial charge on any atom is 0.248 e. The van der Waals surface area contributed by atoms with E-state index in [1.165, 1.54) is 12.1 Å². The van der Waals surface area contributed by atoms with Gasteiger partial charge >= 0.3 is 0 Å². The summed E-state index contributed by atoms with van der Waals surface area (Å²) in [7, 11) is 0. The molecule has 0 radical (unpaired) electrons. The van der Waals surface area contributed by atoms with Crippen molar-refractivity contribution in [1.29, 1.82) is 0 Å². The van der Waals surface area contributed by atoms with Gasteiger partial charge in [-0.3, -0.25) is 9.59 Å². The Kier molecular flexibility index (Phi) is 4.85. The van der Waals surface area contributed by atoms with Crippen molar-refractivity contribution in [3.8, 4) is 0 Å². The largest absolute Gasteiger partial charge is 0.366 e. The van der Waals surface area contributed by atoms with E-state index in [9.17, 15) is 9.59 Å². The highest BCUT2D eigenvalue weighted by Gasteiger charge is 2.40. The second kappa shape index (κ2) is 6.45. The number of hydrogen-bond donors (Lipinski definition) is 3. The summed E-state index contributed by atoms with van der Waals surface area (Å²) in [5, 5.41) is 6.52. The molecule has 114 valence electrons. The van der Waals surface area contributed by atoms with Crippen molar-refractivity contribution in [2.75, 3.05) is 11.9 Å². The Balaban J connectivity index is 2.22. The van der Waals surface area contributed by atoms with Gasteiger partial charge in [0.25, 0.3) is 0 Å². The number of carbonyl (C=O) groups is 2. The van der Waals surface area contributed by atoms with Gasteiger partial charge in [0.1, 0.15) is 0 Å². The summed E-state index contributed by atoms with van der Waals surface area (Å²) in [6.45, 7) is 2.89. The zero-order valence-corrected chi connectivity index (χ0v) is 12.8. The van der Waals surface area contributed by atoms with Crippen LogP contribution in [0.2, 0.25) is 5.02 Å². The second-order valence-electron chi connectivity index (χ2n) is 5.38. The molecule has 1 fully saturated rings. The fraction of sp³-hybridized carbons (Fsp3) is 0.467.